The lowest BCUT2D eigenvalue weighted by Gasteiger charge is -2.08. The van der Waals surface area contributed by atoms with Gasteiger partial charge in [0.1, 0.15) is 0 Å². The van der Waals surface area contributed by atoms with Crippen molar-refractivity contribution in [1.82, 2.24) is 10.9 Å². The zero-order valence-electron chi connectivity index (χ0n) is 8.53. The maximum Gasteiger partial charge on any atom is 0.269 e. The number of aryl methyl sites for hydroxylation is 1. The van der Waals surface area contributed by atoms with Crippen LogP contribution in [0.15, 0.2) is 24.3 Å². The summed E-state index contributed by atoms with van der Waals surface area (Å²) in [6.45, 7) is 1.89. The highest BCUT2D eigenvalue weighted by atomic mass is 32.2. The van der Waals surface area contributed by atoms with Crippen LogP contribution in [0.5, 0.6) is 0 Å². The number of amides is 1. The molecule has 1 rings (SSSR count). The molecule has 0 aromatic heterocycles. The van der Waals surface area contributed by atoms with E-state index in [2.05, 4.69) is 10.9 Å². The van der Waals surface area contributed by atoms with Crippen LogP contribution in [0.4, 0.5) is 0 Å². The summed E-state index contributed by atoms with van der Waals surface area (Å²) in [7, 11) is 0. The molecule has 0 aliphatic heterocycles. The van der Waals surface area contributed by atoms with Crippen molar-refractivity contribution < 1.29 is 4.79 Å². The SMILES string of the molecule is CSC(=S)NNC(=O)c1ccccc1C. The second-order valence-electron chi connectivity index (χ2n) is 2.89. The number of hydrogen-bond donors (Lipinski definition) is 2. The monoisotopic (exact) mass is 240 g/mol. The zero-order chi connectivity index (χ0) is 11.3. The van der Waals surface area contributed by atoms with Crippen LogP contribution in [0.3, 0.4) is 0 Å². The predicted molar refractivity (Wildman–Crippen MR) is 67.9 cm³/mol. The number of carbonyl (C=O) groups is 1. The van der Waals surface area contributed by atoms with Crippen molar-refractivity contribution in [1.29, 1.82) is 0 Å². The molecule has 0 heterocycles. The Kier molecular flexibility index (Phi) is 4.58. The van der Waals surface area contributed by atoms with Gasteiger partial charge in [-0.3, -0.25) is 15.6 Å². The summed E-state index contributed by atoms with van der Waals surface area (Å²) >= 11 is 6.27. The Balaban J connectivity index is 2.62. The summed E-state index contributed by atoms with van der Waals surface area (Å²) in [6, 6.07) is 7.39. The van der Waals surface area contributed by atoms with E-state index in [1.807, 2.05) is 31.4 Å². The van der Waals surface area contributed by atoms with E-state index in [4.69, 9.17) is 12.2 Å². The highest BCUT2D eigenvalue weighted by Gasteiger charge is 2.07. The first-order chi connectivity index (χ1) is 7.15. The van der Waals surface area contributed by atoms with Gasteiger partial charge in [-0.05, 0) is 24.8 Å². The van der Waals surface area contributed by atoms with Crippen molar-refractivity contribution in [2.45, 2.75) is 6.92 Å². The van der Waals surface area contributed by atoms with E-state index in [-0.39, 0.29) is 5.91 Å². The van der Waals surface area contributed by atoms with E-state index in [9.17, 15) is 4.79 Å². The average molecular weight is 240 g/mol. The van der Waals surface area contributed by atoms with Gasteiger partial charge in [0.05, 0.1) is 0 Å². The smallest absolute Gasteiger partial charge is 0.269 e. The fraction of sp³-hybridized carbons (Fsp3) is 0.200. The van der Waals surface area contributed by atoms with Crippen LogP contribution in [0.2, 0.25) is 0 Å². The van der Waals surface area contributed by atoms with Gasteiger partial charge in [-0.15, -0.1) is 0 Å². The molecule has 1 aromatic rings. The van der Waals surface area contributed by atoms with Crippen molar-refractivity contribution in [3.05, 3.63) is 35.4 Å². The van der Waals surface area contributed by atoms with Gasteiger partial charge in [-0.2, -0.15) is 0 Å². The molecule has 1 aromatic carbocycles. The molecule has 0 bridgehead atoms. The largest absolute Gasteiger partial charge is 0.283 e. The molecule has 0 saturated heterocycles. The number of thioether (sulfide) groups is 1. The molecule has 0 saturated carbocycles. The van der Waals surface area contributed by atoms with Crippen LogP contribution in [-0.2, 0) is 0 Å². The van der Waals surface area contributed by atoms with Gasteiger partial charge in [-0.1, -0.05) is 42.2 Å². The van der Waals surface area contributed by atoms with E-state index in [1.165, 1.54) is 11.8 Å². The molecule has 5 heteroatoms. The summed E-state index contributed by atoms with van der Waals surface area (Å²) in [4.78, 5) is 11.6. The quantitative estimate of drug-likeness (QED) is 0.581. The molecule has 0 atom stereocenters. The number of hydrogen-bond acceptors (Lipinski definition) is 3. The Morgan fingerprint density at radius 2 is 2.00 bits per heavy atom. The minimum absolute atomic E-state index is 0.176. The van der Waals surface area contributed by atoms with Crippen LogP contribution in [0.25, 0.3) is 0 Å². The molecule has 0 aliphatic carbocycles. The molecular formula is C10H12N2OS2. The molecular weight excluding hydrogens is 228 g/mol. The number of nitrogens with one attached hydrogen (secondary N) is 2. The van der Waals surface area contributed by atoms with Crippen LogP contribution < -0.4 is 10.9 Å². The number of hydrazine groups is 1. The van der Waals surface area contributed by atoms with Crippen LogP contribution >= 0.6 is 24.0 Å². The standard InChI is InChI=1S/C10H12N2OS2/c1-7-5-3-4-6-8(7)9(13)11-12-10(14)15-2/h3-6H,1-2H3,(H,11,13)(H,12,14). The van der Waals surface area contributed by atoms with Gasteiger partial charge in [0.25, 0.3) is 5.91 Å². The average Bonchev–Trinajstić information content (AvgIpc) is 2.26. The van der Waals surface area contributed by atoms with Crippen molar-refractivity contribution in [3.63, 3.8) is 0 Å². The molecule has 0 fully saturated rings. The molecule has 80 valence electrons. The summed E-state index contributed by atoms with van der Waals surface area (Å²) in [5, 5.41) is 0. The Morgan fingerprint density at radius 1 is 1.33 bits per heavy atom. The van der Waals surface area contributed by atoms with E-state index >= 15 is 0 Å². The van der Waals surface area contributed by atoms with Gasteiger partial charge >= 0.3 is 0 Å². The van der Waals surface area contributed by atoms with E-state index in [1.54, 1.807) is 6.07 Å². The van der Waals surface area contributed by atoms with Gasteiger partial charge in [0.2, 0.25) is 0 Å². The molecule has 2 N–H and O–H groups in total. The molecule has 1 amide bonds. The normalized spacial score (nSPS) is 9.47. The first-order valence-corrected chi connectivity index (χ1v) is 5.98. The number of rotatable bonds is 1. The summed E-state index contributed by atoms with van der Waals surface area (Å²) in [5.41, 5.74) is 6.78. The van der Waals surface area contributed by atoms with Gasteiger partial charge in [0.15, 0.2) is 4.32 Å². The maximum atomic E-state index is 11.6. The predicted octanol–water partition coefficient (Wildman–Crippen LogP) is 1.88. The second-order valence-corrected chi connectivity index (χ2v) is 4.37. The molecule has 0 aliphatic rings. The summed E-state index contributed by atoms with van der Waals surface area (Å²) in [5.74, 6) is -0.176. The minimum atomic E-state index is -0.176. The second kappa shape index (κ2) is 5.72. The first-order valence-electron chi connectivity index (χ1n) is 4.35. The first kappa shape index (κ1) is 12.0. The summed E-state index contributed by atoms with van der Waals surface area (Å²) < 4.78 is 0.539. The van der Waals surface area contributed by atoms with Crippen molar-refractivity contribution in [3.8, 4) is 0 Å². The van der Waals surface area contributed by atoms with Crippen molar-refractivity contribution >= 4 is 34.2 Å². The molecule has 0 unspecified atom stereocenters. The highest BCUT2D eigenvalue weighted by Crippen LogP contribution is 2.05. The lowest BCUT2D eigenvalue weighted by molar-refractivity contribution is 0.0944. The van der Waals surface area contributed by atoms with E-state index in [0.29, 0.717) is 9.88 Å². The maximum absolute atomic E-state index is 11.6. The van der Waals surface area contributed by atoms with Crippen LogP contribution in [0.1, 0.15) is 15.9 Å². The van der Waals surface area contributed by atoms with E-state index < -0.39 is 0 Å². The van der Waals surface area contributed by atoms with Gasteiger partial charge < -0.3 is 0 Å². The highest BCUT2D eigenvalue weighted by molar-refractivity contribution is 8.22. The Bertz CT molecular complexity index is 379. The van der Waals surface area contributed by atoms with Crippen LogP contribution in [0, 0.1) is 6.92 Å². The van der Waals surface area contributed by atoms with Crippen molar-refractivity contribution in [2.24, 2.45) is 0 Å². The van der Waals surface area contributed by atoms with Gasteiger partial charge in [0, 0.05) is 5.56 Å². The Hall–Kier alpha value is -1.07. The molecule has 15 heavy (non-hydrogen) atoms. The van der Waals surface area contributed by atoms with Crippen LogP contribution in [-0.4, -0.2) is 16.5 Å². The molecule has 0 radical (unpaired) electrons. The number of thiocarbonyl (C=S) groups is 1. The summed E-state index contributed by atoms with van der Waals surface area (Å²) in [6.07, 6.45) is 1.84. The fourth-order valence-corrected chi connectivity index (χ4v) is 1.26. The van der Waals surface area contributed by atoms with Crippen molar-refractivity contribution in [2.75, 3.05) is 6.26 Å². The lowest BCUT2D eigenvalue weighted by atomic mass is 10.1. The Labute approximate surface area is 98.6 Å². The molecule has 3 nitrogen and oxygen atoms in total. The van der Waals surface area contributed by atoms with Gasteiger partial charge in [-0.25, -0.2) is 0 Å². The third kappa shape index (κ3) is 3.53. The third-order valence-electron chi connectivity index (χ3n) is 1.85. The Morgan fingerprint density at radius 3 is 2.60 bits per heavy atom. The fourth-order valence-electron chi connectivity index (χ4n) is 1.05. The van der Waals surface area contributed by atoms with E-state index in [0.717, 1.165) is 5.56 Å². The number of benzene rings is 1. The minimum Gasteiger partial charge on any atom is -0.283 e. The lowest BCUT2D eigenvalue weighted by Crippen LogP contribution is -2.39. The number of carbonyl (C=O) groups excluding carboxylic acids is 1. The zero-order valence-corrected chi connectivity index (χ0v) is 10.2. The third-order valence-corrected chi connectivity index (χ3v) is 2.93. The topological polar surface area (TPSA) is 41.1 Å². The molecule has 0 spiro atoms.